The summed E-state index contributed by atoms with van der Waals surface area (Å²) >= 11 is 0. The van der Waals surface area contributed by atoms with Gasteiger partial charge >= 0.3 is 0 Å². The Bertz CT molecular complexity index is 931. The van der Waals surface area contributed by atoms with Crippen molar-refractivity contribution in [3.05, 3.63) is 57.6 Å². The fourth-order valence-corrected chi connectivity index (χ4v) is 5.70. The van der Waals surface area contributed by atoms with Crippen molar-refractivity contribution in [3.63, 3.8) is 0 Å². The number of ether oxygens (including phenoxy) is 2. The Morgan fingerprint density at radius 1 is 0.714 bits per heavy atom. The summed E-state index contributed by atoms with van der Waals surface area (Å²) in [6, 6.07) is 8.35. The molecule has 35 heavy (non-hydrogen) atoms. The second-order valence-electron chi connectivity index (χ2n) is 12.4. The zero-order valence-corrected chi connectivity index (χ0v) is 23.1. The molecule has 2 aromatic carbocycles. The van der Waals surface area contributed by atoms with Crippen LogP contribution >= 0.6 is 0 Å². The van der Waals surface area contributed by atoms with E-state index < -0.39 is 0 Å². The van der Waals surface area contributed by atoms with Crippen LogP contribution in [0.1, 0.15) is 113 Å². The maximum absolute atomic E-state index is 11.7. The van der Waals surface area contributed by atoms with E-state index >= 15 is 0 Å². The van der Waals surface area contributed by atoms with Crippen molar-refractivity contribution in [2.24, 2.45) is 5.92 Å². The molecular formula is C31H46O4. The molecule has 4 heteroatoms. The van der Waals surface area contributed by atoms with Crippen LogP contribution in [0.5, 0.6) is 11.5 Å². The number of hydrogen-bond donors (Lipinski definition) is 2. The van der Waals surface area contributed by atoms with E-state index in [2.05, 4.69) is 65.8 Å². The molecule has 0 amide bonds. The maximum Gasteiger partial charge on any atom is 0.123 e. The summed E-state index contributed by atoms with van der Waals surface area (Å²) in [5.74, 6) is 0.937. The molecule has 0 unspecified atom stereocenters. The fourth-order valence-electron chi connectivity index (χ4n) is 5.70. The lowest BCUT2D eigenvalue weighted by Gasteiger charge is -2.35. The Balaban J connectivity index is 2.35. The highest BCUT2D eigenvalue weighted by molar-refractivity contribution is 5.56. The fraction of sp³-hybridized carbons (Fsp3) is 0.613. The molecular weight excluding hydrogens is 436 g/mol. The molecule has 1 saturated carbocycles. The Morgan fingerprint density at radius 2 is 1.11 bits per heavy atom. The van der Waals surface area contributed by atoms with Crippen molar-refractivity contribution >= 4 is 0 Å². The van der Waals surface area contributed by atoms with Gasteiger partial charge in [-0.1, -0.05) is 60.8 Å². The lowest BCUT2D eigenvalue weighted by atomic mass is 9.70. The molecule has 1 fully saturated rings. The highest BCUT2D eigenvalue weighted by Crippen LogP contribution is 2.50. The number of benzene rings is 2. The number of phenolic OH excluding ortho intramolecular Hbond substituents is 2. The standard InChI is InChI=1S/C31H46O4/c1-30(2,3)25-16-20(18-34-7)14-23(28(25)32)27(22-12-10-9-11-13-22)24-15-21(19-35-8)17-26(29(24)33)31(4,5)6/h14-17,22,27,32-33H,9-13,18-19H2,1-8H3. The third-order valence-electron chi connectivity index (χ3n) is 7.43. The summed E-state index contributed by atoms with van der Waals surface area (Å²) in [7, 11) is 3.41. The Labute approximate surface area is 212 Å². The third kappa shape index (κ3) is 6.21. The molecule has 0 saturated heterocycles. The van der Waals surface area contributed by atoms with E-state index in [0.29, 0.717) is 30.6 Å². The van der Waals surface area contributed by atoms with Gasteiger partial charge in [0, 0.05) is 31.3 Å². The van der Waals surface area contributed by atoms with Crippen molar-refractivity contribution in [2.75, 3.05) is 14.2 Å². The van der Waals surface area contributed by atoms with Crippen LogP contribution in [-0.2, 0) is 33.5 Å². The second-order valence-corrected chi connectivity index (χ2v) is 12.4. The third-order valence-corrected chi connectivity index (χ3v) is 7.43. The van der Waals surface area contributed by atoms with Gasteiger partial charge in [0.1, 0.15) is 11.5 Å². The minimum Gasteiger partial charge on any atom is -0.507 e. The molecule has 1 aliphatic carbocycles. The smallest absolute Gasteiger partial charge is 0.123 e. The van der Waals surface area contributed by atoms with E-state index in [1.54, 1.807) is 14.2 Å². The average molecular weight is 483 g/mol. The summed E-state index contributed by atoms with van der Waals surface area (Å²) < 4.78 is 11.0. The van der Waals surface area contributed by atoms with Gasteiger partial charge in [0.25, 0.3) is 0 Å². The summed E-state index contributed by atoms with van der Waals surface area (Å²) in [4.78, 5) is 0. The van der Waals surface area contributed by atoms with Gasteiger partial charge in [-0.05, 0) is 76.1 Å². The lowest BCUT2D eigenvalue weighted by Crippen LogP contribution is -2.22. The SMILES string of the molecule is COCc1cc(C(c2cc(COC)cc(C(C)(C)C)c2O)C2CCCCC2)c(O)c(C(C)(C)C)c1. The predicted molar refractivity (Wildman–Crippen MR) is 143 cm³/mol. The van der Waals surface area contributed by atoms with Gasteiger partial charge in [0.2, 0.25) is 0 Å². The topological polar surface area (TPSA) is 58.9 Å². The zero-order chi connectivity index (χ0) is 26.0. The average Bonchev–Trinajstić information content (AvgIpc) is 2.77. The Morgan fingerprint density at radius 3 is 1.46 bits per heavy atom. The van der Waals surface area contributed by atoms with Crippen LogP contribution in [0.2, 0.25) is 0 Å². The molecule has 0 aliphatic heterocycles. The van der Waals surface area contributed by atoms with E-state index in [0.717, 1.165) is 46.2 Å². The molecule has 4 nitrogen and oxygen atoms in total. The molecule has 0 spiro atoms. The summed E-state index contributed by atoms with van der Waals surface area (Å²) in [5.41, 5.74) is 5.30. The van der Waals surface area contributed by atoms with Gasteiger partial charge in [0.05, 0.1) is 13.2 Å². The van der Waals surface area contributed by atoms with Crippen LogP contribution in [0.3, 0.4) is 0 Å². The highest BCUT2D eigenvalue weighted by atomic mass is 16.5. The Hall–Kier alpha value is -2.04. The van der Waals surface area contributed by atoms with Crippen molar-refractivity contribution < 1.29 is 19.7 Å². The van der Waals surface area contributed by atoms with Gasteiger partial charge in [-0.3, -0.25) is 0 Å². The van der Waals surface area contributed by atoms with Crippen LogP contribution in [0, 0.1) is 5.92 Å². The molecule has 1 aliphatic rings. The minimum absolute atomic E-state index is 0.105. The van der Waals surface area contributed by atoms with E-state index in [9.17, 15) is 10.2 Å². The van der Waals surface area contributed by atoms with E-state index in [1.165, 1.54) is 19.3 Å². The van der Waals surface area contributed by atoms with Crippen molar-refractivity contribution in [3.8, 4) is 11.5 Å². The van der Waals surface area contributed by atoms with Crippen LogP contribution in [0.15, 0.2) is 24.3 Å². The number of rotatable bonds is 7. The zero-order valence-electron chi connectivity index (χ0n) is 23.1. The molecule has 2 N–H and O–H groups in total. The van der Waals surface area contributed by atoms with E-state index in [4.69, 9.17) is 9.47 Å². The van der Waals surface area contributed by atoms with Crippen LogP contribution in [0.25, 0.3) is 0 Å². The lowest BCUT2D eigenvalue weighted by molar-refractivity contribution is 0.184. The maximum atomic E-state index is 11.7. The van der Waals surface area contributed by atoms with Gasteiger partial charge in [-0.25, -0.2) is 0 Å². The molecule has 0 atom stereocenters. The normalized spacial score (nSPS) is 15.7. The Kier molecular flexibility index (Phi) is 8.60. The van der Waals surface area contributed by atoms with Crippen molar-refractivity contribution in [1.29, 1.82) is 0 Å². The molecule has 194 valence electrons. The monoisotopic (exact) mass is 482 g/mol. The second kappa shape index (κ2) is 10.9. The van der Waals surface area contributed by atoms with Crippen LogP contribution in [-0.4, -0.2) is 24.4 Å². The number of aromatic hydroxyl groups is 2. The summed E-state index contributed by atoms with van der Waals surface area (Å²) in [6.07, 6.45) is 5.77. The molecule has 0 heterocycles. The first-order chi connectivity index (χ1) is 16.4. The summed E-state index contributed by atoms with van der Waals surface area (Å²) in [6.45, 7) is 13.8. The number of hydrogen-bond acceptors (Lipinski definition) is 4. The number of phenols is 2. The van der Waals surface area contributed by atoms with E-state index in [-0.39, 0.29) is 16.7 Å². The molecule has 2 aromatic rings. The quantitative estimate of drug-likeness (QED) is 0.424. The van der Waals surface area contributed by atoms with Crippen LogP contribution < -0.4 is 0 Å². The van der Waals surface area contributed by atoms with Gasteiger partial charge in [-0.2, -0.15) is 0 Å². The van der Waals surface area contributed by atoms with Gasteiger partial charge in [0.15, 0.2) is 0 Å². The van der Waals surface area contributed by atoms with Crippen LogP contribution in [0.4, 0.5) is 0 Å². The first kappa shape index (κ1) is 27.5. The molecule has 3 rings (SSSR count). The first-order valence-electron chi connectivity index (χ1n) is 13.1. The number of methoxy groups -OCH3 is 2. The molecule has 0 aromatic heterocycles. The highest BCUT2D eigenvalue weighted by Gasteiger charge is 2.35. The largest absolute Gasteiger partial charge is 0.507 e. The van der Waals surface area contributed by atoms with Crippen molar-refractivity contribution in [2.45, 2.75) is 104 Å². The molecule has 0 bridgehead atoms. The first-order valence-corrected chi connectivity index (χ1v) is 13.1. The van der Waals surface area contributed by atoms with Crippen molar-refractivity contribution in [1.82, 2.24) is 0 Å². The predicted octanol–water partition coefficient (Wildman–Crippen LogP) is 7.70. The minimum atomic E-state index is -0.226. The van der Waals surface area contributed by atoms with Gasteiger partial charge < -0.3 is 19.7 Å². The van der Waals surface area contributed by atoms with Gasteiger partial charge in [-0.15, -0.1) is 0 Å². The summed E-state index contributed by atoms with van der Waals surface area (Å²) in [5, 5.41) is 23.5. The van der Waals surface area contributed by atoms with E-state index in [1.807, 2.05) is 0 Å². The molecule has 0 radical (unpaired) electrons.